The molecule has 0 fully saturated rings. The number of pyridine rings is 2. The minimum absolute atomic E-state index is 0. The van der Waals surface area contributed by atoms with E-state index < -0.39 is 0 Å². The number of aromatic nitrogens is 2. The number of thiophene rings is 1. The maximum atomic E-state index is 7.76. The summed E-state index contributed by atoms with van der Waals surface area (Å²) in [4.78, 5) is 10.3. The van der Waals surface area contributed by atoms with Crippen molar-refractivity contribution in [3.8, 4) is 22.5 Å². The monoisotopic (exact) mass is 747 g/mol. The van der Waals surface area contributed by atoms with Gasteiger partial charge in [-0.3, -0.25) is 0 Å². The molecule has 3 aromatic carbocycles. The SMILES string of the molecule is Cc1c[c-]c(-c2cc(C)c(C)cn2)cc1.[2H]Cc1cnc(-c2[c-]ccc3c2oc2cc4sc(C)c(C)c4cc23)cc1C[2H].[Ir]. The van der Waals surface area contributed by atoms with Crippen LogP contribution < -0.4 is 0 Å². The van der Waals surface area contributed by atoms with E-state index in [9.17, 15) is 0 Å². The third kappa shape index (κ3) is 5.57. The Bertz CT molecular complexity index is 2120. The topological polar surface area (TPSA) is 38.9 Å². The van der Waals surface area contributed by atoms with E-state index in [1.54, 1.807) is 17.5 Å². The molecule has 7 rings (SSSR count). The van der Waals surface area contributed by atoms with Crippen LogP contribution in [0.2, 0.25) is 0 Å². The van der Waals surface area contributed by atoms with E-state index in [4.69, 9.17) is 7.16 Å². The number of nitrogens with zero attached hydrogens (tertiary/aromatic N) is 2. The van der Waals surface area contributed by atoms with Crippen LogP contribution in [0.25, 0.3) is 54.5 Å². The summed E-state index contributed by atoms with van der Waals surface area (Å²) < 4.78 is 22.9. The van der Waals surface area contributed by atoms with Crippen LogP contribution >= 0.6 is 11.3 Å². The van der Waals surface area contributed by atoms with Crippen molar-refractivity contribution in [2.75, 3.05) is 0 Å². The second kappa shape index (κ2) is 11.9. The van der Waals surface area contributed by atoms with Crippen LogP contribution in [0.4, 0.5) is 0 Å². The molecule has 5 heteroatoms. The minimum atomic E-state index is 0. The molecule has 0 aliphatic rings. The normalized spacial score (nSPS) is 11.6. The van der Waals surface area contributed by atoms with Crippen LogP contribution in [0.1, 0.15) is 41.0 Å². The number of aryl methyl sites for hydroxylation is 7. The maximum absolute atomic E-state index is 7.76. The first-order chi connectivity index (χ1) is 20.8. The molecule has 0 saturated heterocycles. The summed E-state index contributed by atoms with van der Waals surface area (Å²) in [5, 5.41) is 3.43. The minimum Gasteiger partial charge on any atom is -0.501 e. The van der Waals surface area contributed by atoms with Crippen LogP contribution in [-0.2, 0) is 20.1 Å². The van der Waals surface area contributed by atoms with Gasteiger partial charge in [0, 0.05) is 50.2 Å². The summed E-state index contributed by atoms with van der Waals surface area (Å²) in [5.74, 6) is 0. The van der Waals surface area contributed by atoms with Crippen LogP contribution in [0.5, 0.6) is 0 Å². The van der Waals surface area contributed by atoms with Crippen LogP contribution in [0, 0.1) is 60.6 Å². The smallest absolute Gasteiger partial charge is 0.122 e. The van der Waals surface area contributed by atoms with Gasteiger partial charge in [-0.25, -0.2) is 0 Å². The Morgan fingerprint density at radius 2 is 1.52 bits per heavy atom. The molecule has 42 heavy (non-hydrogen) atoms. The Balaban J connectivity index is 0.000000204. The van der Waals surface area contributed by atoms with E-state index in [0.29, 0.717) is 0 Å². The first-order valence-electron chi connectivity index (χ1n) is 14.9. The quantitative estimate of drug-likeness (QED) is 0.165. The summed E-state index contributed by atoms with van der Waals surface area (Å²) in [7, 11) is 0. The molecule has 1 radical (unpaired) electrons. The van der Waals surface area contributed by atoms with Crippen molar-refractivity contribution in [2.45, 2.75) is 48.4 Å². The van der Waals surface area contributed by atoms with Gasteiger partial charge in [0.2, 0.25) is 0 Å². The fraction of sp³-hybridized carbons (Fsp3) is 0.189. The van der Waals surface area contributed by atoms with Crippen LogP contribution in [0.3, 0.4) is 0 Å². The predicted octanol–water partition coefficient (Wildman–Crippen LogP) is 10.4. The zero-order valence-electron chi connectivity index (χ0n) is 26.3. The van der Waals surface area contributed by atoms with Crippen molar-refractivity contribution in [3.05, 3.63) is 117 Å². The van der Waals surface area contributed by atoms with Crippen molar-refractivity contribution in [1.82, 2.24) is 9.97 Å². The molecule has 0 unspecified atom stereocenters. The van der Waals surface area contributed by atoms with Gasteiger partial charge in [0.25, 0.3) is 0 Å². The third-order valence-electron chi connectivity index (χ3n) is 7.68. The van der Waals surface area contributed by atoms with E-state index >= 15 is 0 Å². The Morgan fingerprint density at radius 1 is 0.762 bits per heavy atom. The molecular formula is C37H32IrN2OS-2. The average Bonchev–Trinajstić information content (AvgIpc) is 3.52. The number of rotatable bonds is 2. The molecule has 0 amide bonds. The molecule has 0 aliphatic heterocycles. The zero-order chi connectivity index (χ0) is 30.2. The van der Waals surface area contributed by atoms with Gasteiger partial charge >= 0.3 is 0 Å². The second-order valence-electron chi connectivity index (χ2n) is 10.6. The summed E-state index contributed by atoms with van der Waals surface area (Å²) >= 11 is 1.79. The summed E-state index contributed by atoms with van der Waals surface area (Å²) in [6.45, 7) is 10.8. The Morgan fingerprint density at radius 3 is 2.26 bits per heavy atom. The van der Waals surface area contributed by atoms with Crippen LogP contribution in [-0.4, -0.2) is 9.97 Å². The fourth-order valence-corrected chi connectivity index (χ4v) is 5.94. The molecule has 0 atom stereocenters. The Hall–Kier alpha value is -3.63. The van der Waals surface area contributed by atoms with Gasteiger partial charge in [-0.2, -0.15) is 0 Å². The summed E-state index contributed by atoms with van der Waals surface area (Å²) in [6, 6.07) is 24.9. The molecule has 0 spiro atoms. The van der Waals surface area contributed by atoms with Crippen molar-refractivity contribution in [3.63, 3.8) is 0 Å². The largest absolute Gasteiger partial charge is 0.501 e. The number of hydrogen-bond acceptors (Lipinski definition) is 4. The summed E-state index contributed by atoms with van der Waals surface area (Å²) in [6.07, 6.45) is 3.61. The number of hydrogen-bond donors (Lipinski definition) is 0. The van der Waals surface area contributed by atoms with Gasteiger partial charge in [0.1, 0.15) is 5.58 Å². The average molecular weight is 747 g/mol. The fourth-order valence-electron chi connectivity index (χ4n) is 4.86. The Labute approximate surface area is 267 Å². The second-order valence-corrected chi connectivity index (χ2v) is 11.9. The molecule has 0 saturated carbocycles. The van der Waals surface area contributed by atoms with Crippen molar-refractivity contribution >= 4 is 43.4 Å². The van der Waals surface area contributed by atoms with Crippen LogP contribution in [0.15, 0.2) is 71.4 Å². The van der Waals surface area contributed by atoms with Gasteiger partial charge in [-0.1, -0.05) is 41.1 Å². The molecule has 7 aromatic rings. The number of fused-ring (bicyclic) bond motifs is 4. The van der Waals surface area contributed by atoms with E-state index in [-0.39, 0.29) is 33.9 Å². The molecule has 0 N–H and O–H groups in total. The van der Waals surface area contributed by atoms with E-state index in [1.165, 1.54) is 37.2 Å². The van der Waals surface area contributed by atoms with Gasteiger partial charge < -0.3 is 14.4 Å². The molecule has 0 aliphatic carbocycles. The van der Waals surface area contributed by atoms with Gasteiger partial charge in [0.15, 0.2) is 0 Å². The standard InChI is InChI=1S/C23H18NOS.C14H14N.Ir/c1-12-8-20(24-11-13(12)2)17-7-5-6-16-19-9-18-14(3)15(4)26-22(18)10-21(19)25-23(16)17;1-10-4-6-13(7-5-10)14-8-11(2)12(3)9-15-14;/h5-6,8-11H,1-4H3;4-6,8-9H,1-3H3;/q2*-1;/i1D,2D;;. The predicted molar refractivity (Wildman–Crippen MR) is 173 cm³/mol. The molecular weight excluding hydrogens is 713 g/mol. The molecule has 213 valence electrons. The molecule has 4 aromatic heterocycles. The zero-order valence-corrected chi connectivity index (χ0v) is 27.5. The third-order valence-corrected chi connectivity index (χ3v) is 8.85. The molecule has 4 heterocycles. The van der Waals surface area contributed by atoms with Crippen molar-refractivity contribution in [2.24, 2.45) is 0 Å². The molecule has 3 nitrogen and oxygen atoms in total. The maximum Gasteiger partial charge on any atom is 0.122 e. The van der Waals surface area contributed by atoms with Gasteiger partial charge in [-0.15, -0.1) is 64.9 Å². The van der Waals surface area contributed by atoms with Gasteiger partial charge in [-0.05, 0) is 87.1 Å². The number of furan rings is 1. The first-order valence-corrected chi connectivity index (χ1v) is 14.3. The van der Waals surface area contributed by atoms with E-state index in [1.807, 2.05) is 30.5 Å². The number of benzene rings is 3. The summed E-state index contributed by atoms with van der Waals surface area (Å²) in [5.41, 5.74) is 11.9. The van der Waals surface area contributed by atoms with Gasteiger partial charge in [0.05, 0.1) is 5.58 Å². The van der Waals surface area contributed by atoms with E-state index in [0.717, 1.165) is 55.6 Å². The first kappa shape index (κ1) is 27.2. The van der Waals surface area contributed by atoms with E-state index in [2.05, 4.69) is 87.1 Å². The Kier molecular flexibility index (Phi) is 7.73. The molecule has 0 bridgehead atoms. The van der Waals surface area contributed by atoms with Crippen molar-refractivity contribution < 1.29 is 27.3 Å². The van der Waals surface area contributed by atoms with Crippen molar-refractivity contribution in [1.29, 1.82) is 0 Å².